The van der Waals surface area contributed by atoms with Gasteiger partial charge in [-0.1, -0.05) is 0 Å². The van der Waals surface area contributed by atoms with Gasteiger partial charge >= 0.3 is 0 Å². The van der Waals surface area contributed by atoms with Crippen molar-refractivity contribution in [1.29, 1.82) is 0 Å². The Morgan fingerprint density at radius 2 is 2.00 bits per heavy atom. The molecule has 2 heterocycles. The molecule has 2 rings (SSSR count). The lowest BCUT2D eigenvalue weighted by Gasteiger charge is -2.28. The van der Waals surface area contributed by atoms with Crippen LogP contribution in [0.5, 0.6) is 0 Å². The second-order valence-corrected chi connectivity index (χ2v) is 8.23. The number of nitrogens with zero attached hydrogens (tertiary/aromatic N) is 2. The molecule has 0 aromatic carbocycles. The molecule has 0 atom stereocenters. The van der Waals surface area contributed by atoms with Gasteiger partial charge in [0.05, 0.1) is 25.3 Å². The lowest BCUT2D eigenvalue weighted by atomic mass is 10.3. The predicted octanol–water partition coefficient (Wildman–Crippen LogP) is 0.0824. The molecule has 0 saturated carbocycles. The highest BCUT2D eigenvalue weighted by Crippen LogP contribution is 2.21. The summed E-state index contributed by atoms with van der Waals surface area (Å²) in [6.45, 7) is 2.02. The van der Waals surface area contributed by atoms with E-state index in [1.807, 2.05) is 0 Å². The maximum atomic E-state index is 12.2. The number of likely N-dealkylation sites (N-methyl/N-ethyl adjacent to an activating group) is 1. The maximum Gasteiger partial charge on any atom is 0.254 e. The van der Waals surface area contributed by atoms with Crippen molar-refractivity contribution >= 4 is 33.0 Å². The molecule has 7 nitrogen and oxygen atoms in total. The van der Waals surface area contributed by atoms with Crippen molar-refractivity contribution in [2.24, 2.45) is 0 Å². The van der Waals surface area contributed by atoms with Crippen molar-refractivity contribution in [3.8, 4) is 0 Å². The van der Waals surface area contributed by atoms with E-state index in [1.165, 1.54) is 23.4 Å². The SMILES string of the molecule is CN(CC(=O)N1CCOCC1)C(=O)c1csc(S(C)(=O)=O)c1. The van der Waals surface area contributed by atoms with Crippen LogP contribution in [0.4, 0.5) is 0 Å². The number of sulfone groups is 1. The number of carbonyl (C=O) groups excluding carboxylic acids is 2. The highest BCUT2D eigenvalue weighted by Gasteiger charge is 2.22. The monoisotopic (exact) mass is 346 g/mol. The van der Waals surface area contributed by atoms with Crippen LogP contribution in [-0.2, 0) is 19.4 Å². The summed E-state index contributed by atoms with van der Waals surface area (Å²) in [4.78, 5) is 27.3. The van der Waals surface area contributed by atoms with Gasteiger partial charge in [0, 0.05) is 31.8 Å². The number of rotatable bonds is 4. The Hall–Kier alpha value is -1.45. The third kappa shape index (κ3) is 4.05. The molecule has 1 aromatic rings. The smallest absolute Gasteiger partial charge is 0.254 e. The Bertz CT molecular complexity index is 662. The molecule has 2 amide bonds. The van der Waals surface area contributed by atoms with Crippen LogP contribution in [0.25, 0.3) is 0 Å². The minimum Gasteiger partial charge on any atom is -0.378 e. The van der Waals surface area contributed by atoms with Gasteiger partial charge in [-0.15, -0.1) is 11.3 Å². The fourth-order valence-corrected chi connectivity index (χ4v) is 3.82. The second kappa shape index (κ2) is 6.76. The van der Waals surface area contributed by atoms with E-state index < -0.39 is 9.84 Å². The molecule has 0 radical (unpaired) electrons. The van der Waals surface area contributed by atoms with Crippen molar-refractivity contribution in [1.82, 2.24) is 9.80 Å². The predicted molar refractivity (Wildman–Crippen MR) is 81.8 cm³/mol. The lowest BCUT2D eigenvalue weighted by molar-refractivity contribution is -0.135. The number of hydrogen-bond donors (Lipinski definition) is 0. The Kier molecular flexibility index (Phi) is 5.20. The van der Waals surface area contributed by atoms with Gasteiger partial charge in [0.2, 0.25) is 5.91 Å². The van der Waals surface area contributed by atoms with Crippen LogP contribution >= 0.6 is 11.3 Å². The summed E-state index contributed by atoms with van der Waals surface area (Å²) in [7, 11) is -1.80. The summed E-state index contributed by atoms with van der Waals surface area (Å²) < 4.78 is 28.2. The summed E-state index contributed by atoms with van der Waals surface area (Å²) in [5.74, 6) is -0.509. The van der Waals surface area contributed by atoms with E-state index in [2.05, 4.69) is 0 Å². The molecule has 1 aliphatic rings. The third-order valence-electron chi connectivity index (χ3n) is 3.27. The van der Waals surface area contributed by atoms with E-state index in [-0.39, 0.29) is 28.1 Å². The van der Waals surface area contributed by atoms with E-state index >= 15 is 0 Å². The number of carbonyl (C=O) groups is 2. The van der Waals surface area contributed by atoms with Gasteiger partial charge in [0.25, 0.3) is 5.91 Å². The molecule has 0 bridgehead atoms. The van der Waals surface area contributed by atoms with Crippen LogP contribution in [0, 0.1) is 0 Å². The Morgan fingerprint density at radius 1 is 1.36 bits per heavy atom. The number of hydrogen-bond acceptors (Lipinski definition) is 6. The van der Waals surface area contributed by atoms with Crippen molar-refractivity contribution in [3.63, 3.8) is 0 Å². The first-order chi connectivity index (χ1) is 10.3. The van der Waals surface area contributed by atoms with Crippen molar-refractivity contribution in [2.45, 2.75) is 4.21 Å². The summed E-state index contributed by atoms with van der Waals surface area (Å²) in [6, 6.07) is 1.35. The largest absolute Gasteiger partial charge is 0.378 e. The van der Waals surface area contributed by atoms with Crippen LogP contribution in [0.3, 0.4) is 0 Å². The van der Waals surface area contributed by atoms with Crippen LogP contribution < -0.4 is 0 Å². The molecule has 9 heteroatoms. The highest BCUT2D eigenvalue weighted by atomic mass is 32.2. The zero-order valence-corrected chi connectivity index (χ0v) is 14.1. The van der Waals surface area contributed by atoms with Crippen LogP contribution in [0.15, 0.2) is 15.7 Å². The van der Waals surface area contributed by atoms with Gasteiger partial charge in [-0.05, 0) is 6.07 Å². The molecule has 22 heavy (non-hydrogen) atoms. The number of thiophene rings is 1. The second-order valence-electron chi connectivity index (χ2n) is 5.08. The average molecular weight is 346 g/mol. The van der Waals surface area contributed by atoms with Gasteiger partial charge in [-0.3, -0.25) is 9.59 Å². The molecule has 1 aliphatic heterocycles. The lowest BCUT2D eigenvalue weighted by Crippen LogP contribution is -2.46. The van der Waals surface area contributed by atoms with E-state index in [0.717, 1.165) is 17.6 Å². The Labute approximate surface area is 133 Å². The van der Waals surface area contributed by atoms with Gasteiger partial charge in [0.15, 0.2) is 9.84 Å². The summed E-state index contributed by atoms with van der Waals surface area (Å²) in [6.07, 6.45) is 1.10. The molecule has 1 aromatic heterocycles. The average Bonchev–Trinajstić information content (AvgIpc) is 2.97. The molecule has 0 aliphatic carbocycles. The topological polar surface area (TPSA) is 84.0 Å². The quantitative estimate of drug-likeness (QED) is 0.771. The van der Waals surface area contributed by atoms with Crippen LogP contribution in [0.1, 0.15) is 10.4 Å². The normalized spacial score (nSPS) is 15.6. The van der Waals surface area contributed by atoms with Gasteiger partial charge < -0.3 is 14.5 Å². The van der Waals surface area contributed by atoms with E-state index in [4.69, 9.17) is 4.74 Å². The van der Waals surface area contributed by atoms with Gasteiger partial charge in [0.1, 0.15) is 4.21 Å². The van der Waals surface area contributed by atoms with Crippen molar-refractivity contribution in [2.75, 3.05) is 46.2 Å². The molecule has 0 N–H and O–H groups in total. The Balaban J connectivity index is 1.99. The summed E-state index contributed by atoms with van der Waals surface area (Å²) in [5.41, 5.74) is 0.280. The molecule has 0 unspecified atom stereocenters. The first-order valence-electron chi connectivity index (χ1n) is 6.68. The van der Waals surface area contributed by atoms with Crippen molar-refractivity contribution < 1.29 is 22.7 Å². The van der Waals surface area contributed by atoms with Gasteiger partial charge in [-0.25, -0.2) is 8.42 Å². The highest BCUT2D eigenvalue weighted by molar-refractivity contribution is 7.92. The number of morpholine rings is 1. The van der Waals surface area contributed by atoms with Crippen LogP contribution in [-0.4, -0.2) is 76.2 Å². The van der Waals surface area contributed by atoms with Crippen molar-refractivity contribution in [3.05, 3.63) is 17.0 Å². The third-order valence-corrected chi connectivity index (χ3v) is 6.04. The number of ether oxygens (including phenoxy) is 1. The first kappa shape index (κ1) is 16.9. The minimum atomic E-state index is -3.32. The molecule has 122 valence electrons. The summed E-state index contributed by atoms with van der Waals surface area (Å²) in [5, 5.41) is 1.49. The maximum absolute atomic E-state index is 12.2. The number of amides is 2. The van der Waals surface area contributed by atoms with E-state index in [1.54, 1.807) is 4.90 Å². The zero-order chi connectivity index (χ0) is 16.3. The standard InChI is InChI=1S/C13H18N2O5S2/c1-14(8-11(16)15-3-5-20-6-4-15)13(17)10-7-12(21-9-10)22(2,18)19/h7,9H,3-6,8H2,1-2H3. The van der Waals surface area contributed by atoms with Gasteiger partial charge in [-0.2, -0.15) is 0 Å². The fraction of sp³-hybridized carbons (Fsp3) is 0.538. The molecule has 1 saturated heterocycles. The van der Waals surface area contributed by atoms with Crippen LogP contribution in [0.2, 0.25) is 0 Å². The van der Waals surface area contributed by atoms with E-state index in [0.29, 0.717) is 26.3 Å². The molecule has 0 spiro atoms. The summed E-state index contributed by atoms with van der Waals surface area (Å²) >= 11 is 1.00. The molecular weight excluding hydrogens is 328 g/mol. The zero-order valence-electron chi connectivity index (χ0n) is 12.4. The van der Waals surface area contributed by atoms with E-state index in [9.17, 15) is 18.0 Å². The minimum absolute atomic E-state index is 0.0388. The first-order valence-corrected chi connectivity index (χ1v) is 9.45. The molecule has 1 fully saturated rings. The Morgan fingerprint density at radius 3 is 2.55 bits per heavy atom. The fourth-order valence-electron chi connectivity index (χ4n) is 2.03. The molecular formula is C13H18N2O5S2.